The number of rotatable bonds is 4. The summed E-state index contributed by atoms with van der Waals surface area (Å²) in [5.41, 5.74) is 7.08. The van der Waals surface area contributed by atoms with Gasteiger partial charge in [-0.25, -0.2) is 4.39 Å². The number of fused-ring (bicyclic) bond motifs is 1. The Morgan fingerprint density at radius 1 is 1.20 bits per heavy atom. The highest BCUT2D eigenvalue weighted by Crippen LogP contribution is 2.38. The molecule has 2 nitrogen and oxygen atoms in total. The van der Waals surface area contributed by atoms with Crippen molar-refractivity contribution in [2.45, 2.75) is 43.7 Å². The van der Waals surface area contributed by atoms with Crippen LogP contribution >= 0.6 is 0 Å². The van der Waals surface area contributed by atoms with E-state index in [1.54, 1.807) is 12.1 Å². The third-order valence-electron chi connectivity index (χ3n) is 4.24. The van der Waals surface area contributed by atoms with Crippen LogP contribution in [-0.4, -0.2) is 11.6 Å². The van der Waals surface area contributed by atoms with Gasteiger partial charge in [-0.15, -0.1) is 0 Å². The fourth-order valence-corrected chi connectivity index (χ4v) is 2.69. The van der Waals surface area contributed by atoms with Crippen molar-refractivity contribution in [3.8, 4) is 5.75 Å². The summed E-state index contributed by atoms with van der Waals surface area (Å²) in [7, 11) is 0. The summed E-state index contributed by atoms with van der Waals surface area (Å²) in [5.74, 6) is 0.697. The van der Waals surface area contributed by atoms with Gasteiger partial charge in [0.25, 0.3) is 0 Å². The number of hydrogen-bond donors (Lipinski definition) is 1. The van der Waals surface area contributed by atoms with Crippen molar-refractivity contribution in [3.63, 3.8) is 0 Å². The molecular formula is C17H18FNO. The van der Waals surface area contributed by atoms with Gasteiger partial charge in [0.15, 0.2) is 0 Å². The first kappa shape index (κ1) is 12.2. The topological polar surface area (TPSA) is 35.2 Å². The maximum absolute atomic E-state index is 13.7. The Bertz CT molecular complexity index is 674. The smallest absolute Gasteiger partial charge is 0.124 e. The van der Waals surface area contributed by atoms with Crippen molar-refractivity contribution in [3.05, 3.63) is 41.7 Å². The molecule has 2 aromatic rings. The van der Waals surface area contributed by atoms with Gasteiger partial charge in [0.1, 0.15) is 11.6 Å². The molecule has 0 spiro atoms. The first-order valence-electron chi connectivity index (χ1n) is 7.29. The molecule has 0 atom stereocenters. The van der Waals surface area contributed by atoms with Crippen LogP contribution in [0.25, 0.3) is 10.8 Å². The van der Waals surface area contributed by atoms with Crippen LogP contribution in [0.4, 0.5) is 4.39 Å². The van der Waals surface area contributed by atoms with E-state index in [0.717, 1.165) is 54.2 Å². The average Bonchev–Trinajstić information content (AvgIpc) is 3.30. The number of halogens is 1. The molecule has 20 heavy (non-hydrogen) atoms. The highest BCUT2D eigenvalue weighted by atomic mass is 19.1. The van der Waals surface area contributed by atoms with Crippen LogP contribution in [0, 0.1) is 5.82 Å². The summed E-state index contributed by atoms with van der Waals surface area (Å²) in [5, 5.41) is 1.99. The van der Waals surface area contributed by atoms with E-state index >= 15 is 0 Å². The number of hydrogen-bond acceptors (Lipinski definition) is 2. The lowest BCUT2D eigenvalue weighted by molar-refractivity contribution is 0.303. The monoisotopic (exact) mass is 271 g/mol. The molecule has 104 valence electrons. The Kier molecular flexibility index (Phi) is 2.55. The Labute approximate surface area is 117 Å². The summed E-state index contributed by atoms with van der Waals surface area (Å²) in [6, 6.07) is 9.11. The standard InChI is InChI=1S/C17H18FNO/c18-13-7-11-1-2-15(20-14-3-4-14)9-16(11)12(8-13)10-17(19)5-6-17/h1-2,7-9,14H,3-6,10,19H2. The minimum atomic E-state index is -0.187. The molecule has 0 heterocycles. The molecule has 0 saturated heterocycles. The number of benzene rings is 2. The van der Waals surface area contributed by atoms with E-state index in [1.165, 1.54) is 0 Å². The van der Waals surface area contributed by atoms with Crippen LogP contribution in [-0.2, 0) is 6.42 Å². The molecule has 2 aliphatic carbocycles. The van der Waals surface area contributed by atoms with Gasteiger partial charge in [0, 0.05) is 5.54 Å². The molecule has 2 saturated carbocycles. The van der Waals surface area contributed by atoms with Crippen molar-refractivity contribution in [2.75, 3.05) is 0 Å². The van der Waals surface area contributed by atoms with E-state index in [9.17, 15) is 4.39 Å². The molecule has 2 fully saturated rings. The second kappa shape index (κ2) is 4.19. The van der Waals surface area contributed by atoms with E-state index in [0.29, 0.717) is 6.10 Å². The molecule has 0 radical (unpaired) electrons. The number of ether oxygens (including phenoxy) is 1. The third-order valence-corrected chi connectivity index (χ3v) is 4.24. The predicted molar refractivity (Wildman–Crippen MR) is 77.4 cm³/mol. The lowest BCUT2D eigenvalue weighted by Crippen LogP contribution is -2.24. The minimum Gasteiger partial charge on any atom is -0.490 e. The highest BCUT2D eigenvalue weighted by molar-refractivity contribution is 5.87. The molecule has 2 N–H and O–H groups in total. The summed E-state index contributed by atoms with van der Waals surface area (Å²) in [6.07, 6.45) is 5.46. The van der Waals surface area contributed by atoms with Gasteiger partial charge < -0.3 is 10.5 Å². The molecule has 0 aliphatic heterocycles. The first-order chi connectivity index (χ1) is 9.61. The van der Waals surface area contributed by atoms with Gasteiger partial charge in [-0.3, -0.25) is 0 Å². The maximum Gasteiger partial charge on any atom is 0.124 e. The molecule has 0 bridgehead atoms. The zero-order valence-electron chi connectivity index (χ0n) is 11.4. The molecule has 0 amide bonds. The quantitative estimate of drug-likeness (QED) is 0.923. The van der Waals surface area contributed by atoms with Crippen molar-refractivity contribution in [2.24, 2.45) is 5.73 Å². The average molecular weight is 271 g/mol. The van der Waals surface area contributed by atoms with Gasteiger partial charge in [-0.1, -0.05) is 6.07 Å². The summed E-state index contributed by atoms with van der Waals surface area (Å²) >= 11 is 0. The Morgan fingerprint density at radius 2 is 2.00 bits per heavy atom. The van der Waals surface area contributed by atoms with E-state index in [-0.39, 0.29) is 11.4 Å². The van der Waals surface area contributed by atoms with E-state index < -0.39 is 0 Å². The second-order valence-corrected chi connectivity index (χ2v) is 6.30. The molecule has 0 aromatic heterocycles. The normalized spacial score (nSPS) is 20.1. The van der Waals surface area contributed by atoms with Crippen molar-refractivity contribution >= 4 is 10.8 Å². The summed E-state index contributed by atoms with van der Waals surface area (Å²) < 4.78 is 19.6. The fraction of sp³-hybridized carbons (Fsp3) is 0.412. The van der Waals surface area contributed by atoms with Crippen molar-refractivity contribution < 1.29 is 9.13 Å². The van der Waals surface area contributed by atoms with Crippen molar-refractivity contribution in [1.82, 2.24) is 0 Å². The van der Waals surface area contributed by atoms with Gasteiger partial charge in [0.05, 0.1) is 6.10 Å². The zero-order chi connectivity index (χ0) is 13.7. The lowest BCUT2D eigenvalue weighted by Gasteiger charge is -2.13. The summed E-state index contributed by atoms with van der Waals surface area (Å²) in [6.45, 7) is 0. The Hall–Kier alpha value is -1.61. The van der Waals surface area contributed by atoms with Gasteiger partial charge >= 0.3 is 0 Å². The van der Waals surface area contributed by atoms with Gasteiger partial charge in [-0.2, -0.15) is 0 Å². The third kappa shape index (κ3) is 2.38. The highest BCUT2D eigenvalue weighted by Gasteiger charge is 2.38. The molecule has 0 unspecified atom stereocenters. The Morgan fingerprint density at radius 3 is 2.70 bits per heavy atom. The van der Waals surface area contributed by atoms with Crippen LogP contribution in [0.15, 0.2) is 30.3 Å². The van der Waals surface area contributed by atoms with Crippen LogP contribution < -0.4 is 10.5 Å². The van der Waals surface area contributed by atoms with E-state index in [2.05, 4.69) is 0 Å². The number of nitrogens with two attached hydrogens (primary N) is 1. The fourth-order valence-electron chi connectivity index (χ4n) is 2.69. The first-order valence-corrected chi connectivity index (χ1v) is 7.29. The SMILES string of the molecule is NC1(Cc2cc(F)cc3ccc(OC4CC4)cc23)CC1. The zero-order valence-corrected chi connectivity index (χ0v) is 11.4. The van der Waals surface area contributed by atoms with E-state index in [4.69, 9.17) is 10.5 Å². The minimum absolute atomic E-state index is 0.117. The molecule has 3 heteroatoms. The van der Waals surface area contributed by atoms with Crippen LogP contribution in [0.3, 0.4) is 0 Å². The molecule has 4 rings (SSSR count). The van der Waals surface area contributed by atoms with Crippen LogP contribution in [0.1, 0.15) is 31.2 Å². The van der Waals surface area contributed by atoms with Crippen LogP contribution in [0.5, 0.6) is 5.75 Å². The maximum atomic E-state index is 13.7. The summed E-state index contributed by atoms with van der Waals surface area (Å²) in [4.78, 5) is 0. The van der Waals surface area contributed by atoms with Crippen molar-refractivity contribution in [1.29, 1.82) is 0 Å². The second-order valence-electron chi connectivity index (χ2n) is 6.30. The largest absolute Gasteiger partial charge is 0.490 e. The van der Waals surface area contributed by atoms with Gasteiger partial charge in [-0.05, 0) is 72.7 Å². The molecule has 2 aliphatic rings. The molecular weight excluding hydrogens is 253 g/mol. The molecule has 2 aromatic carbocycles. The predicted octanol–water partition coefficient (Wildman–Crippen LogP) is 3.55. The van der Waals surface area contributed by atoms with E-state index in [1.807, 2.05) is 18.2 Å². The van der Waals surface area contributed by atoms with Gasteiger partial charge in [0.2, 0.25) is 0 Å². The lowest BCUT2D eigenvalue weighted by atomic mass is 9.97. The Balaban J connectivity index is 1.77. The van der Waals surface area contributed by atoms with Crippen LogP contribution in [0.2, 0.25) is 0 Å².